The van der Waals surface area contributed by atoms with Gasteiger partial charge in [-0.1, -0.05) is 15.9 Å². The summed E-state index contributed by atoms with van der Waals surface area (Å²) in [4.78, 5) is 11.3. The standard InChI is InChI=1S/C11H10Br3F2NO3/c1-2-20-10(19)11(15,16)9(17)6-4(12)3-5(13)8(18)7(6)14/h3,9,18H,2,17H2,1H3/t9-/m0/s1. The molecule has 0 saturated heterocycles. The molecule has 0 amide bonds. The number of ether oxygens (including phenoxy) is 1. The molecule has 1 atom stereocenters. The van der Waals surface area contributed by atoms with Crippen LogP contribution in [0.3, 0.4) is 0 Å². The second-order valence-electron chi connectivity index (χ2n) is 3.74. The first-order valence-electron chi connectivity index (χ1n) is 5.31. The lowest BCUT2D eigenvalue weighted by Crippen LogP contribution is -2.42. The molecule has 0 fully saturated rings. The van der Waals surface area contributed by atoms with Gasteiger partial charge in [0, 0.05) is 10.0 Å². The SMILES string of the molecule is CCOC(=O)C(F)(F)[C@@H](N)c1c(Br)cc(Br)c(O)c1Br. The average Bonchev–Trinajstić information content (AvgIpc) is 2.36. The number of alkyl halides is 2. The average molecular weight is 482 g/mol. The summed E-state index contributed by atoms with van der Waals surface area (Å²) >= 11 is 9.12. The molecule has 9 heteroatoms. The van der Waals surface area contributed by atoms with Crippen molar-refractivity contribution in [3.8, 4) is 5.75 Å². The van der Waals surface area contributed by atoms with E-state index < -0.39 is 17.9 Å². The summed E-state index contributed by atoms with van der Waals surface area (Å²) in [5.74, 6) is -5.94. The fourth-order valence-corrected chi connectivity index (χ4v) is 4.03. The lowest BCUT2D eigenvalue weighted by atomic mass is 10.0. The van der Waals surface area contributed by atoms with Crippen molar-refractivity contribution in [2.45, 2.75) is 18.9 Å². The van der Waals surface area contributed by atoms with Crippen LogP contribution in [0.15, 0.2) is 19.5 Å². The first-order valence-corrected chi connectivity index (χ1v) is 7.69. The zero-order valence-corrected chi connectivity index (χ0v) is 14.9. The van der Waals surface area contributed by atoms with Crippen LogP contribution in [0.2, 0.25) is 0 Å². The van der Waals surface area contributed by atoms with E-state index in [1.165, 1.54) is 13.0 Å². The predicted octanol–water partition coefficient (Wildman–Crippen LogP) is 3.88. The highest BCUT2D eigenvalue weighted by Crippen LogP contribution is 2.45. The maximum atomic E-state index is 13.9. The van der Waals surface area contributed by atoms with Gasteiger partial charge in [-0.2, -0.15) is 8.78 Å². The van der Waals surface area contributed by atoms with Crippen LogP contribution in [-0.4, -0.2) is 23.6 Å². The Kier molecular flexibility index (Phi) is 5.94. The van der Waals surface area contributed by atoms with Gasteiger partial charge in [0.1, 0.15) is 11.8 Å². The number of hydrogen-bond acceptors (Lipinski definition) is 4. The maximum Gasteiger partial charge on any atom is 0.379 e. The highest BCUT2D eigenvalue weighted by molar-refractivity contribution is 9.11. The van der Waals surface area contributed by atoms with Crippen LogP contribution in [0.4, 0.5) is 8.78 Å². The molecule has 0 spiro atoms. The van der Waals surface area contributed by atoms with Crippen molar-refractivity contribution in [2.24, 2.45) is 5.73 Å². The van der Waals surface area contributed by atoms with Crippen LogP contribution in [0.1, 0.15) is 18.5 Å². The molecule has 3 N–H and O–H groups in total. The van der Waals surface area contributed by atoms with Crippen LogP contribution in [0.25, 0.3) is 0 Å². The molecular formula is C11H10Br3F2NO3. The minimum atomic E-state index is -3.93. The van der Waals surface area contributed by atoms with Crippen LogP contribution >= 0.6 is 47.8 Å². The maximum absolute atomic E-state index is 13.9. The van der Waals surface area contributed by atoms with Crippen LogP contribution in [-0.2, 0) is 9.53 Å². The summed E-state index contributed by atoms with van der Waals surface area (Å²) < 4.78 is 32.7. The monoisotopic (exact) mass is 479 g/mol. The molecule has 0 aromatic heterocycles. The highest BCUT2D eigenvalue weighted by atomic mass is 79.9. The molecule has 0 radical (unpaired) electrons. The van der Waals surface area contributed by atoms with E-state index in [1.807, 2.05) is 0 Å². The second kappa shape index (κ2) is 6.67. The largest absolute Gasteiger partial charge is 0.506 e. The molecule has 0 bridgehead atoms. The number of aromatic hydroxyl groups is 1. The van der Waals surface area contributed by atoms with Gasteiger partial charge in [-0.05, 0) is 44.8 Å². The van der Waals surface area contributed by atoms with Gasteiger partial charge in [-0.25, -0.2) is 4.79 Å². The lowest BCUT2D eigenvalue weighted by Gasteiger charge is -2.24. The summed E-state index contributed by atoms with van der Waals surface area (Å²) in [7, 11) is 0. The minimum absolute atomic E-state index is 0.0322. The molecule has 112 valence electrons. The highest BCUT2D eigenvalue weighted by Gasteiger charge is 2.49. The van der Waals surface area contributed by atoms with E-state index in [0.29, 0.717) is 0 Å². The van der Waals surface area contributed by atoms with Crippen molar-refractivity contribution in [1.29, 1.82) is 0 Å². The normalized spacial score (nSPS) is 13.2. The van der Waals surface area contributed by atoms with Crippen LogP contribution < -0.4 is 5.73 Å². The zero-order chi connectivity index (χ0) is 15.7. The number of hydrogen-bond donors (Lipinski definition) is 2. The van der Waals surface area contributed by atoms with Gasteiger partial charge in [-0.3, -0.25) is 0 Å². The topological polar surface area (TPSA) is 72.5 Å². The smallest absolute Gasteiger partial charge is 0.379 e. The summed E-state index contributed by atoms with van der Waals surface area (Å²) in [5.41, 5.74) is 5.35. The Morgan fingerprint density at radius 3 is 2.50 bits per heavy atom. The first kappa shape index (κ1) is 17.8. The third-order valence-corrected chi connectivity index (χ3v) is 4.49. The Balaban J connectivity index is 3.31. The number of esters is 1. The van der Waals surface area contributed by atoms with Gasteiger partial charge in [0.2, 0.25) is 0 Å². The molecule has 20 heavy (non-hydrogen) atoms. The van der Waals surface area contributed by atoms with Gasteiger partial charge >= 0.3 is 11.9 Å². The Morgan fingerprint density at radius 1 is 1.45 bits per heavy atom. The molecule has 0 saturated carbocycles. The zero-order valence-electron chi connectivity index (χ0n) is 10.1. The van der Waals surface area contributed by atoms with Crippen molar-refractivity contribution in [1.82, 2.24) is 0 Å². The van der Waals surface area contributed by atoms with Crippen molar-refractivity contribution in [3.05, 3.63) is 25.0 Å². The number of phenolic OH excluding ortho intramolecular Hbond substituents is 1. The van der Waals surface area contributed by atoms with Crippen molar-refractivity contribution < 1.29 is 23.4 Å². The molecular weight excluding hydrogens is 472 g/mol. The van der Waals surface area contributed by atoms with E-state index in [4.69, 9.17) is 5.73 Å². The predicted molar refractivity (Wildman–Crippen MR) is 79.7 cm³/mol. The Hall–Kier alpha value is -0.250. The summed E-state index contributed by atoms with van der Waals surface area (Å²) in [6, 6.07) is -0.624. The number of benzene rings is 1. The van der Waals surface area contributed by atoms with Gasteiger partial charge in [0.05, 0.1) is 15.6 Å². The number of phenols is 1. The van der Waals surface area contributed by atoms with Crippen LogP contribution in [0.5, 0.6) is 5.75 Å². The molecule has 0 aliphatic heterocycles. The van der Waals surface area contributed by atoms with Crippen molar-refractivity contribution in [3.63, 3.8) is 0 Å². The Labute approximate surface area is 139 Å². The number of carbonyl (C=O) groups excluding carboxylic acids is 1. The lowest BCUT2D eigenvalue weighted by molar-refractivity contribution is -0.174. The first-order chi connectivity index (χ1) is 9.14. The van der Waals surface area contributed by atoms with Gasteiger partial charge in [-0.15, -0.1) is 0 Å². The van der Waals surface area contributed by atoms with Gasteiger partial charge < -0.3 is 15.6 Å². The third-order valence-electron chi connectivity index (χ3n) is 2.43. The van der Waals surface area contributed by atoms with E-state index in [-0.39, 0.29) is 31.3 Å². The van der Waals surface area contributed by atoms with E-state index >= 15 is 0 Å². The molecule has 1 aromatic carbocycles. The molecule has 0 aliphatic rings. The van der Waals surface area contributed by atoms with Crippen LogP contribution in [0, 0.1) is 0 Å². The molecule has 1 aromatic rings. The number of carbonyl (C=O) groups is 1. The number of rotatable bonds is 4. The number of halogens is 5. The van der Waals surface area contributed by atoms with Gasteiger partial charge in [0.15, 0.2) is 0 Å². The summed E-state index contributed by atoms with van der Waals surface area (Å²) in [6.07, 6.45) is 0. The third kappa shape index (κ3) is 3.32. The Morgan fingerprint density at radius 2 is 2.00 bits per heavy atom. The molecule has 0 unspecified atom stereocenters. The second-order valence-corrected chi connectivity index (χ2v) is 6.24. The van der Waals surface area contributed by atoms with Crippen molar-refractivity contribution >= 4 is 53.8 Å². The minimum Gasteiger partial charge on any atom is -0.506 e. The van der Waals surface area contributed by atoms with E-state index in [0.717, 1.165) is 0 Å². The molecule has 1 rings (SSSR count). The van der Waals surface area contributed by atoms with E-state index in [1.54, 1.807) is 0 Å². The van der Waals surface area contributed by atoms with Gasteiger partial charge in [0.25, 0.3) is 0 Å². The molecule has 0 heterocycles. The fourth-order valence-electron chi connectivity index (χ4n) is 1.42. The van der Waals surface area contributed by atoms with E-state index in [2.05, 4.69) is 52.5 Å². The quantitative estimate of drug-likeness (QED) is 0.640. The number of nitrogens with two attached hydrogens (primary N) is 1. The van der Waals surface area contributed by atoms with Crippen molar-refractivity contribution in [2.75, 3.05) is 6.61 Å². The summed E-state index contributed by atoms with van der Waals surface area (Å²) in [6.45, 7) is 1.23. The Bertz CT molecular complexity index is 540. The van der Waals surface area contributed by atoms with E-state index in [9.17, 15) is 18.7 Å². The molecule has 0 aliphatic carbocycles. The molecule has 4 nitrogen and oxygen atoms in total. The summed E-state index contributed by atoms with van der Waals surface area (Å²) in [5, 5.41) is 9.74. The fraction of sp³-hybridized carbons (Fsp3) is 0.364.